The monoisotopic (exact) mass is 228 g/mol. The predicted molar refractivity (Wildman–Crippen MR) is 61.1 cm³/mol. The second-order valence-electron chi connectivity index (χ2n) is 3.37. The average Bonchev–Trinajstić information content (AvgIpc) is 2.19. The molecule has 0 bridgehead atoms. The van der Waals surface area contributed by atoms with Crippen LogP contribution in [0.2, 0.25) is 0 Å². The zero-order chi connectivity index (χ0) is 11.5. The topological polar surface area (TPSA) is 72.2 Å². The SMILES string of the molecule is CCCNS(=O)(=O)c1cccc(N)c1C. The average molecular weight is 228 g/mol. The summed E-state index contributed by atoms with van der Waals surface area (Å²) >= 11 is 0. The van der Waals surface area contributed by atoms with Crippen molar-refractivity contribution in [3.8, 4) is 0 Å². The molecule has 15 heavy (non-hydrogen) atoms. The largest absolute Gasteiger partial charge is 0.398 e. The predicted octanol–water partition coefficient (Wildman–Crippen LogP) is 1.27. The molecule has 1 aromatic rings. The van der Waals surface area contributed by atoms with Crippen LogP contribution >= 0.6 is 0 Å². The molecule has 0 unspecified atom stereocenters. The molecule has 5 heteroatoms. The number of anilines is 1. The Labute approximate surface area is 90.5 Å². The van der Waals surface area contributed by atoms with Crippen molar-refractivity contribution in [3.63, 3.8) is 0 Å². The summed E-state index contributed by atoms with van der Waals surface area (Å²) in [5.74, 6) is 0. The second kappa shape index (κ2) is 4.63. The van der Waals surface area contributed by atoms with E-state index in [1.807, 2.05) is 6.92 Å². The van der Waals surface area contributed by atoms with E-state index in [0.717, 1.165) is 6.42 Å². The number of rotatable bonds is 4. The molecule has 0 fully saturated rings. The minimum atomic E-state index is -3.41. The number of sulfonamides is 1. The van der Waals surface area contributed by atoms with Crippen LogP contribution in [0.1, 0.15) is 18.9 Å². The third kappa shape index (κ3) is 2.70. The molecule has 0 atom stereocenters. The van der Waals surface area contributed by atoms with Gasteiger partial charge in [-0.25, -0.2) is 13.1 Å². The number of hydrogen-bond acceptors (Lipinski definition) is 3. The normalized spacial score (nSPS) is 11.6. The molecule has 0 amide bonds. The van der Waals surface area contributed by atoms with E-state index < -0.39 is 10.0 Å². The number of nitrogen functional groups attached to an aromatic ring is 1. The van der Waals surface area contributed by atoms with Crippen LogP contribution in [-0.4, -0.2) is 15.0 Å². The van der Waals surface area contributed by atoms with Crippen molar-refractivity contribution in [2.45, 2.75) is 25.2 Å². The molecule has 0 radical (unpaired) electrons. The molecular weight excluding hydrogens is 212 g/mol. The summed E-state index contributed by atoms with van der Waals surface area (Å²) in [6.07, 6.45) is 0.764. The zero-order valence-electron chi connectivity index (χ0n) is 8.95. The Morgan fingerprint density at radius 1 is 1.40 bits per heavy atom. The van der Waals surface area contributed by atoms with Crippen LogP contribution in [0.4, 0.5) is 5.69 Å². The smallest absolute Gasteiger partial charge is 0.240 e. The number of nitrogens with two attached hydrogens (primary N) is 1. The lowest BCUT2D eigenvalue weighted by Crippen LogP contribution is -2.25. The van der Waals surface area contributed by atoms with E-state index in [9.17, 15) is 8.42 Å². The van der Waals surface area contributed by atoms with Crippen molar-refractivity contribution in [2.75, 3.05) is 12.3 Å². The summed E-state index contributed by atoms with van der Waals surface area (Å²) in [6.45, 7) is 4.06. The van der Waals surface area contributed by atoms with Crippen LogP contribution in [-0.2, 0) is 10.0 Å². The maximum absolute atomic E-state index is 11.8. The van der Waals surface area contributed by atoms with Gasteiger partial charge in [0.05, 0.1) is 4.90 Å². The minimum Gasteiger partial charge on any atom is -0.398 e. The van der Waals surface area contributed by atoms with Crippen molar-refractivity contribution in [1.82, 2.24) is 4.72 Å². The van der Waals surface area contributed by atoms with Crippen LogP contribution in [0, 0.1) is 6.92 Å². The van der Waals surface area contributed by atoms with Gasteiger partial charge in [-0.15, -0.1) is 0 Å². The van der Waals surface area contributed by atoms with E-state index in [1.54, 1.807) is 25.1 Å². The highest BCUT2D eigenvalue weighted by atomic mass is 32.2. The van der Waals surface area contributed by atoms with E-state index in [1.165, 1.54) is 0 Å². The summed E-state index contributed by atoms with van der Waals surface area (Å²) in [5.41, 5.74) is 6.75. The first kappa shape index (κ1) is 12.0. The molecule has 1 aromatic carbocycles. The quantitative estimate of drug-likeness (QED) is 0.762. The summed E-state index contributed by atoms with van der Waals surface area (Å²) < 4.78 is 26.1. The lowest BCUT2D eigenvalue weighted by Gasteiger charge is -2.09. The lowest BCUT2D eigenvalue weighted by molar-refractivity contribution is 0.580. The van der Waals surface area contributed by atoms with Crippen LogP contribution in [0.25, 0.3) is 0 Å². The summed E-state index contributed by atoms with van der Waals surface area (Å²) in [7, 11) is -3.41. The van der Waals surface area contributed by atoms with Gasteiger partial charge in [-0.1, -0.05) is 13.0 Å². The van der Waals surface area contributed by atoms with Crippen molar-refractivity contribution in [2.24, 2.45) is 0 Å². The molecule has 0 spiro atoms. The van der Waals surface area contributed by atoms with E-state index >= 15 is 0 Å². The molecule has 84 valence electrons. The molecule has 0 saturated heterocycles. The van der Waals surface area contributed by atoms with Gasteiger partial charge in [-0.3, -0.25) is 0 Å². The van der Waals surface area contributed by atoms with Gasteiger partial charge >= 0.3 is 0 Å². The van der Waals surface area contributed by atoms with Gasteiger partial charge in [0.15, 0.2) is 0 Å². The van der Waals surface area contributed by atoms with Gasteiger partial charge < -0.3 is 5.73 Å². The maximum atomic E-state index is 11.8. The Balaban J connectivity index is 3.10. The molecule has 0 heterocycles. The molecule has 0 saturated carbocycles. The van der Waals surface area contributed by atoms with Gasteiger partial charge in [0.2, 0.25) is 10.0 Å². The molecule has 1 rings (SSSR count). The Morgan fingerprint density at radius 2 is 2.07 bits per heavy atom. The standard InChI is InChI=1S/C10H16N2O2S/c1-3-7-12-15(13,14)10-6-4-5-9(11)8(10)2/h4-6,12H,3,7,11H2,1-2H3. The summed E-state index contributed by atoms with van der Waals surface area (Å²) in [6, 6.07) is 4.89. The van der Waals surface area contributed by atoms with Crippen molar-refractivity contribution < 1.29 is 8.42 Å². The summed E-state index contributed by atoms with van der Waals surface area (Å²) in [4.78, 5) is 0.260. The number of nitrogens with one attached hydrogen (secondary N) is 1. The molecule has 0 aliphatic carbocycles. The van der Waals surface area contributed by atoms with Gasteiger partial charge in [0.1, 0.15) is 0 Å². The lowest BCUT2D eigenvalue weighted by atomic mass is 10.2. The first-order valence-electron chi connectivity index (χ1n) is 4.83. The van der Waals surface area contributed by atoms with E-state index in [0.29, 0.717) is 17.8 Å². The molecule has 3 N–H and O–H groups in total. The fourth-order valence-corrected chi connectivity index (χ4v) is 2.64. The van der Waals surface area contributed by atoms with Gasteiger partial charge in [0, 0.05) is 12.2 Å². The van der Waals surface area contributed by atoms with Crippen molar-refractivity contribution >= 4 is 15.7 Å². The Morgan fingerprint density at radius 3 is 2.67 bits per heavy atom. The highest BCUT2D eigenvalue weighted by Crippen LogP contribution is 2.19. The Kier molecular flexibility index (Phi) is 3.71. The van der Waals surface area contributed by atoms with Crippen LogP contribution in [0.3, 0.4) is 0 Å². The van der Waals surface area contributed by atoms with Crippen LogP contribution in [0.5, 0.6) is 0 Å². The van der Waals surface area contributed by atoms with Gasteiger partial charge in [-0.05, 0) is 31.0 Å². The van der Waals surface area contributed by atoms with Crippen LogP contribution < -0.4 is 10.5 Å². The Bertz CT molecular complexity index is 441. The van der Waals surface area contributed by atoms with Gasteiger partial charge in [0.25, 0.3) is 0 Å². The van der Waals surface area contributed by atoms with Crippen molar-refractivity contribution in [3.05, 3.63) is 23.8 Å². The fourth-order valence-electron chi connectivity index (χ4n) is 1.24. The first-order valence-corrected chi connectivity index (χ1v) is 6.32. The van der Waals surface area contributed by atoms with E-state index in [2.05, 4.69) is 4.72 Å². The van der Waals surface area contributed by atoms with Gasteiger partial charge in [-0.2, -0.15) is 0 Å². The molecule has 0 aliphatic rings. The summed E-state index contributed by atoms with van der Waals surface area (Å²) in [5, 5.41) is 0. The molecule has 0 aromatic heterocycles. The third-order valence-corrected chi connectivity index (χ3v) is 3.76. The number of benzene rings is 1. The van der Waals surface area contributed by atoms with Crippen molar-refractivity contribution in [1.29, 1.82) is 0 Å². The highest BCUT2D eigenvalue weighted by molar-refractivity contribution is 7.89. The molecule has 4 nitrogen and oxygen atoms in total. The number of hydrogen-bond donors (Lipinski definition) is 2. The highest BCUT2D eigenvalue weighted by Gasteiger charge is 2.16. The molecule has 0 aliphatic heterocycles. The maximum Gasteiger partial charge on any atom is 0.240 e. The first-order chi connectivity index (χ1) is 6.99. The zero-order valence-corrected chi connectivity index (χ0v) is 9.76. The van der Waals surface area contributed by atoms with E-state index in [4.69, 9.17) is 5.73 Å². The third-order valence-electron chi connectivity index (χ3n) is 2.16. The second-order valence-corrected chi connectivity index (χ2v) is 5.10. The fraction of sp³-hybridized carbons (Fsp3) is 0.400. The minimum absolute atomic E-state index is 0.260. The van der Waals surface area contributed by atoms with Crippen LogP contribution in [0.15, 0.2) is 23.1 Å². The van der Waals surface area contributed by atoms with E-state index in [-0.39, 0.29) is 4.90 Å². The molecular formula is C10H16N2O2S. The Hall–Kier alpha value is -1.07.